The second kappa shape index (κ2) is 6.56. The first-order valence-electron chi connectivity index (χ1n) is 3.77. The van der Waals surface area contributed by atoms with E-state index in [-0.39, 0.29) is 25.9 Å². The fourth-order valence-electron chi connectivity index (χ4n) is 0.400. The van der Waals surface area contributed by atoms with Crippen LogP contribution in [-0.2, 0) is 19.1 Å². The zero-order chi connectivity index (χ0) is 10.1. The van der Waals surface area contributed by atoms with Gasteiger partial charge < -0.3 is 20.5 Å². The maximum atomic E-state index is 10.6. The number of carbonyl (C=O) groups is 2. The molecular formula is C6H12N2O4. The average Bonchev–Trinajstić information content (AvgIpc) is 2.16. The summed E-state index contributed by atoms with van der Waals surface area (Å²) in [7, 11) is 1.49. The van der Waals surface area contributed by atoms with Gasteiger partial charge in [-0.3, -0.25) is 9.59 Å². The highest BCUT2D eigenvalue weighted by atomic mass is 16.7. The van der Waals surface area contributed by atoms with Gasteiger partial charge in [0.05, 0.1) is 0 Å². The second-order valence-electron chi connectivity index (χ2n) is 1.91. The Balaban J connectivity index is 3.17. The Morgan fingerprint density at radius 3 is 2.75 bits per heavy atom. The summed E-state index contributed by atoms with van der Waals surface area (Å²) in [6, 6.07) is 0. The minimum atomic E-state index is -0.566. The monoisotopic (exact) mass is 178 g/mol. The third-order valence-corrected chi connectivity index (χ3v) is 0.912. The summed E-state index contributed by atoms with van der Waals surface area (Å²) in [6.45, 7) is -0.517. The molecule has 0 radical (unpaired) electrons. The lowest BCUT2D eigenvalue weighted by atomic mass is 10.7. The Morgan fingerprint density at radius 1 is 1.50 bits per heavy atom. The van der Waals surface area contributed by atoms with Crippen molar-refractivity contribution in [3.63, 3.8) is 0 Å². The number of primary amides is 1. The lowest BCUT2D eigenvalue weighted by Gasteiger charge is -2.02. The maximum absolute atomic E-state index is 10.6. The van der Waals surface area contributed by atoms with Crippen LogP contribution >= 0.6 is 0 Å². The number of hydrogen-bond acceptors (Lipinski definition) is 4. The van der Waals surface area contributed by atoms with Crippen molar-refractivity contribution in [3.05, 3.63) is 0 Å². The number of amides is 2. The summed E-state index contributed by atoms with van der Waals surface area (Å²) in [5.41, 5.74) is 1.63. The van der Waals surface area contributed by atoms with Crippen molar-refractivity contribution in [2.75, 3.05) is 27.1 Å². The van der Waals surface area contributed by atoms with Crippen LogP contribution in [-0.4, -0.2) is 38.9 Å². The van der Waals surface area contributed by atoms with Gasteiger partial charge in [0.1, 0.15) is 20.0 Å². The van der Waals surface area contributed by atoms with E-state index in [1.807, 2.05) is 0 Å². The molecule has 0 saturated carbocycles. The molecule has 6 nitrogen and oxygen atoms in total. The lowest BCUT2D eigenvalue weighted by Crippen LogP contribution is -2.25. The molecule has 70 valence electrons. The molecular weight excluding hydrogens is 164 g/mol. The van der Waals surface area contributed by atoms with Gasteiger partial charge in [-0.05, 0) is 0 Å². The van der Waals surface area contributed by atoms with Crippen molar-refractivity contribution >= 4 is 11.8 Å². The van der Waals surface area contributed by atoms with Gasteiger partial charge in [-0.25, -0.2) is 0 Å². The third-order valence-electron chi connectivity index (χ3n) is 0.912. The first-order valence-corrected chi connectivity index (χ1v) is 3.27. The van der Waals surface area contributed by atoms with Gasteiger partial charge in [-0.1, -0.05) is 0 Å². The Morgan fingerprint density at radius 2 is 2.17 bits per heavy atom. The molecule has 2 amide bonds. The number of likely N-dealkylation sites (N-methyl/N-ethyl adjacent to an activating group) is 1. The number of rotatable bonds is 6. The van der Waals surface area contributed by atoms with Crippen molar-refractivity contribution in [3.8, 4) is 0 Å². The fraction of sp³-hybridized carbons (Fsp3) is 0.667. The first-order chi connectivity index (χ1) is 6.20. The summed E-state index contributed by atoms with van der Waals surface area (Å²) >= 11 is 0. The second-order valence-corrected chi connectivity index (χ2v) is 1.91. The number of hydrogen-bond donors (Lipinski definition) is 2. The van der Waals surface area contributed by atoms with Crippen LogP contribution in [0.25, 0.3) is 0 Å². The van der Waals surface area contributed by atoms with E-state index >= 15 is 0 Å². The van der Waals surface area contributed by atoms with E-state index < -0.39 is 5.91 Å². The molecule has 0 saturated heterocycles. The predicted octanol–water partition coefficient (Wildman–Crippen LogP) is -1.79. The van der Waals surface area contributed by atoms with E-state index in [1.165, 1.54) is 7.05 Å². The normalized spacial score (nSPS) is 10.2. The zero-order valence-corrected chi connectivity index (χ0v) is 6.75. The van der Waals surface area contributed by atoms with Gasteiger partial charge in [0.2, 0.25) is 11.8 Å². The van der Waals surface area contributed by atoms with Gasteiger partial charge in [-0.2, -0.15) is 0 Å². The van der Waals surface area contributed by atoms with Crippen LogP contribution in [0.4, 0.5) is 0 Å². The average molecular weight is 178 g/mol. The molecule has 0 fully saturated rings. The van der Waals surface area contributed by atoms with E-state index in [0.717, 1.165) is 0 Å². The van der Waals surface area contributed by atoms with Gasteiger partial charge in [0.25, 0.3) is 0 Å². The molecule has 0 rings (SSSR count). The molecule has 0 unspecified atom stereocenters. The molecule has 0 aliphatic carbocycles. The minimum absolute atomic E-state index is 0.112. The summed E-state index contributed by atoms with van der Waals surface area (Å²) in [5.74, 6) is -0.836. The fourth-order valence-corrected chi connectivity index (χ4v) is 0.400. The highest BCUT2D eigenvalue weighted by Crippen LogP contribution is 1.77. The molecule has 0 aromatic heterocycles. The van der Waals surface area contributed by atoms with E-state index in [9.17, 15) is 9.59 Å². The van der Waals surface area contributed by atoms with Crippen LogP contribution in [0.15, 0.2) is 0 Å². The molecule has 12 heavy (non-hydrogen) atoms. The van der Waals surface area contributed by atoms with Crippen LogP contribution in [0.3, 0.4) is 0 Å². The first kappa shape index (κ1) is 8.95. The highest BCUT2D eigenvalue weighted by Gasteiger charge is 1.97. The molecule has 0 aromatic rings. The summed E-state index contributed by atoms with van der Waals surface area (Å²) < 4.78 is 15.8. The minimum Gasteiger partial charge on any atom is -0.368 e. The van der Waals surface area contributed by atoms with Crippen LogP contribution in [0.1, 0.15) is 0 Å². The summed E-state index contributed by atoms with van der Waals surface area (Å²) in [6.07, 6.45) is 0. The van der Waals surface area contributed by atoms with E-state index in [2.05, 4.69) is 10.1 Å². The number of nitrogens with one attached hydrogen (secondary N) is 1. The topological polar surface area (TPSA) is 90.7 Å². The lowest BCUT2D eigenvalue weighted by molar-refractivity contribution is -0.135. The zero-order valence-electron chi connectivity index (χ0n) is 7.75. The number of carbonyl (C=O) groups excluding carboxylic acids is 2. The summed E-state index contributed by atoms with van der Waals surface area (Å²) in [4.78, 5) is 21.0. The van der Waals surface area contributed by atoms with Crippen molar-refractivity contribution in [2.24, 2.45) is 5.73 Å². The predicted molar refractivity (Wildman–Crippen MR) is 40.0 cm³/mol. The molecule has 6 heteroatoms. The molecule has 0 aliphatic rings. The van der Waals surface area contributed by atoms with Crippen molar-refractivity contribution < 1.29 is 20.5 Å². The Hall–Kier alpha value is -1.14. The summed E-state index contributed by atoms with van der Waals surface area (Å²) in [5, 5.41) is 2.35. The van der Waals surface area contributed by atoms with E-state index in [1.54, 1.807) is 5.73 Å². The highest BCUT2D eigenvalue weighted by molar-refractivity contribution is 5.76. The largest absolute Gasteiger partial charge is 0.368 e. The van der Waals surface area contributed by atoms with Crippen LogP contribution in [0, 0.1) is 0 Å². The molecule has 3 N–H and O–H groups in total. The molecule has 0 heterocycles. The van der Waals surface area contributed by atoms with Crippen LogP contribution in [0.2, 0.25) is 1.41 Å². The third kappa shape index (κ3) is 6.97. The Kier molecular flexibility index (Phi) is 4.90. The van der Waals surface area contributed by atoms with E-state index in [4.69, 9.17) is 6.15 Å². The van der Waals surface area contributed by atoms with Crippen LogP contribution < -0.4 is 11.0 Å². The van der Waals surface area contributed by atoms with Crippen molar-refractivity contribution in [1.82, 2.24) is 5.32 Å². The molecule has 0 bridgehead atoms. The standard InChI is InChI=1S/C6H12N2O4/c1-8-6(10)3-12-4-11-2-5(7)9/h2-4H2,1H3,(H2,7,9)(H,8,10)/i/hT. The maximum Gasteiger partial charge on any atom is 0.245 e. The number of ether oxygens (including phenoxy) is 2. The van der Waals surface area contributed by atoms with Gasteiger partial charge in [0.15, 0.2) is 1.41 Å². The Labute approximate surface area is 71.5 Å². The van der Waals surface area contributed by atoms with Gasteiger partial charge in [0, 0.05) is 7.05 Å². The van der Waals surface area contributed by atoms with E-state index in [0.29, 0.717) is 0 Å². The molecule has 0 spiro atoms. The molecule has 0 atom stereocenters. The van der Waals surface area contributed by atoms with Gasteiger partial charge in [-0.15, -0.1) is 0 Å². The van der Waals surface area contributed by atoms with Crippen molar-refractivity contribution in [2.45, 2.75) is 0 Å². The van der Waals surface area contributed by atoms with Crippen LogP contribution in [0.5, 0.6) is 0 Å². The smallest absolute Gasteiger partial charge is 0.245 e. The number of nitrogens with two attached hydrogens (primary N) is 1. The Bertz CT molecular complexity index is 158. The van der Waals surface area contributed by atoms with Crippen molar-refractivity contribution in [1.29, 1.82) is 0 Å². The molecule has 0 aromatic carbocycles. The van der Waals surface area contributed by atoms with Gasteiger partial charge >= 0.3 is 0 Å². The quantitative estimate of drug-likeness (QED) is 0.371. The SMILES string of the molecule is [3H]NC(=O)COCOCC(=O)NC. The molecule has 0 aliphatic heterocycles.